The first-order chi connectivity index (χ1) is 14.5. The summed E-state index contributed by atoms with van der Waals surface area (Å²) < 4.78 is 5.85. The van der Waals surface area contributed by atoms with Crippen LogP contribution in [0, 0.1) is 5.92 Å². The summed E-state index contributed by atoms with van der Waals surface area (Å²) in [7, 11) is 0. The first-order valence-electron chi connectivity index (χ1n) is 10.4. The van der Waals surface area contributed by atoms with Crippen LogP contribution in [0.15, 0.2) is 48.5 Å². The van der Waals surface area contributed by atoms with Crippen LogP contribution >= 0.6 is 0 Å². The molecular formula is C24H26N2O4. The molecule has 30 heavy (non-hydrogen) atoms. The largest absolute Gasteiger partial charge is 0.370 e. The summed E-state index contributed by atoms with van der Waals surface area (Å²) in [5.41, 5.74) is 2.16. The molecule has 2 aromatic rings. The van der Waals surface area contributed by atoms with Crippen LogP contribution in [0.1, 0.15) is 63.0 Å². The van der Waals surface area contributed by atoms with Crippen molar-refractivity contribution in [3.8, 4) is 0 Å². The quantitative estimate of drug-likeness (QED) is 0.713. The van der Waals surface area contributed by atoms with Gasteiger partial charge in [0, 0.05) is 18.7 Å². The Kier molecular flexibility index (Phi) is 5.68. The lowest BCUT2D eigenvalue weighted by atomic mass is 10.0. The van der Waals surface area contributed by atoms with Gasteiger partial charge in [-0.1, -0.05) is 44.2 Å². The lowest BCUT2D eigenvalue weighted by molar-refractivity contribution is -0.0228. The van der Waals surface area contributed by atoms with Crippen molar-refractivity contribution in [2.75, 3.05) is 26.2 Å². The van der Waals surface area contributed by atoms with E-state index in [9.17, 15) is 14.4 Å². The molecule has 0 spiro atoms. The summed E-state index contributed by atoms with van der Waals surface area (Å²) in [6.45, 7) is 5.91. The summed E-state index contributed by atoms with van der Waals surface area (Å²) in [6, 6.07) is 14.6. The molecule has 0 aromatic heterocycles. The smallest absolute Gasteiger partial charge is 0.261 e. The molecule has 1 saturated heterocycles. The predicted octanol–water partition coefficient (Wildman–Crippen LogP) is 3.54. The molecule has 0 unspecified atom stereocenters. The molecule has 2 aliphatic heterocycles. The number of ether oxygens (including phenoxy) is 1. The molecule has 156 valence electrons. The second-order valence-corrected chi connectivity index (χ2v) is 8.23. The molecule has 1 atom stereocenters. The van der Waals surface area contributed by atoms with Crippen molar-refractivity contribution in [1.29, 1.82) is 0 Å². The maximum atomic E-state index is 13.1. The summed E-state index contributed by atoms with van der Waals surface area (Å²) >= 11 is 0. The fourth-order valence-corrected chi connectivity index (χ4v) is 3.90. The minimum absolute atomic E-state index is 0.150. The van der Waals surface area contributed by atoms with E-state index in [0.717, 1.165) is 12.0 Å². The van der Waals surface area contributed by atoms with Crippen LogP contribution in [0.2, 0.25) is 0 Å². The number of benzene rings is 2. The van der Waals surface area contributed by atoms with Gasteiger partial charge in [-0.15, -0.1) is 0 Å². The van der Waals surface area contributed by atoms with Crippen molar-refractivity contribution in [1.82, 2.24) is 9.80 Å². The SMILES string of the molecule is CC(C)CCN1C(=O)c2ccc(C(=O)N3CCO[C@@H](c4ccccc4)C3)cc2C1=O. The highest BCUT2D eigenvalue weighted by Gasteiger charge is 2.36. The van der Waals surface area contributed by atoms with Crippen molar-refractivity contribution in [3.05, 3.63) is 70.8 Å². The Morgan fingerprint density at radius 1 is 1.07 bits per heavy atom. The third-order valence-corrected chi connectivity index (χ3v) is 5.67. The minimum atomic E-state index is -0.311. The van der Waals surface area contributed by atoms with E-state index in [4.69, 9.17) is 4.74 Å². The third-order valence-electron chi connectivity index (χ3n) is 5.67. The van der Waals surface area contributed by atoms with Crippen LogP contribution in [0.25, 0.3) is 0 Å². The van der Waals surface area contributed by atoms with Gasteiger partial charge >= 0.3 is 0 Å². The standard InChI is InChI=1S/C24H26N2O4/c1-16(2)10-11-26-23(28)19-9-8-18(14-20(19)24(26)29)22(27)25-12-13-30-21(15-25)17-6-4-3-5-7-17/h3-9,14,16,21H,10-13,15H2,1-2H3/t21-/m1/s1. The van der Waals surface area contributed by atoms with E-state index in [1.54, 1.807) is 23.1 Å². The molecule has 0 bridgehead atoms. The number of amides is 3. The van der Waals surface area contributed by atoms with Gasteiger partial charge in [0.05, 0.1) is 24.3 Å². The van der Waals surface area contributed by atoms with Crippen LogP contribution in [0.5, 0.6) is 0 Å². The highest BCUT2D eigenvalue weighted by atomic mass is 16.5. The molecule has 2 aromatic carbocycles. The number of rotatable bonds is 5. The lowest BCUT2D eigenvalue weighted by Gasteiger charge is -2.33. The fraction of sp³-hybridized carbons (Fsp3) is 0.375. The second kappa shape index (κ2) is 8.40. The topological polar surface area (TPSA) is 66.9 Å². The Bertz CT molecular complexity index is 970. The molecule has 2 heterocycles. The highest BCUT2D eigenvalue weighted by molar-refractivity contribution is 6.22. The Morgan fingerprint density at radius 2 is 1.80 bits per heavy atom. The fourth-order valence-electron chi connectivity index (χ4n) is 3.90. The van der Waals surface area contributed by atoms with Gasteiger partial charge in [-0.25, -0.2) is 0 Å². The summed E-state index contributed by atoms with van der Waals surface area (Å²) in [5.74, 6) is -0.340. The number of hydrogen-bond donors (Lipinski definition) is 0. The van der Waals surface area contributed by atoms with Crippen molar-refractivity contribution in [2.45, 2.75) is 26.4 Å². The van der Waals surface area contributed by atoms with Gasteiger partial charge < -0.3 is 9.64 Å². The zero-order valence-electron chi connectivity index (χ0n) is 17.3. The lowest BCUT2D eigenvalue weighted by Crippen LogP contribution is -2.42. The van der Waals surface area contributed by atoms with Gasteiger partial charge in [0.2, 0.25) is 0 Å². The third kappa shape index (κ3) is 3.87. The molecule has 4 rings (SSSR count). The van der Waals surface area contributed by atoms with Crippen molar-refractivity contribution in [2.24, 2.45) is 5.92 Å². The first kappa shape index (κ1) is 20.3. The van der Waals surface area contributed by atoms with E-state index in [2.05, 4.69) is 13.8 Å². The zero-order chi connectivity index (χ0) is 21.3. The van der Waals surface area contributed by atoms with Gasteiger partial charge in [-0.2, -0.15) is 0 Å². The van der Waals surface area contributed by atoms with Gasteiger partial charge in [0.25, 0.3) is 17.7 Å². The molecular weight excluding hydrogens is 380 g/mol. The maximum Gasteiger partial charge on any atom is 0.261 e. The number of nitrogens with zero attached hydrogens (tertiary/aromatic N) is 2. The Balaban J connectivity index is 1.51. The Hall–Kier alpha value is -2.99. The highest BCUT2D eigenvalue weighted by Crippen LogP contribution is 2.27. The molecule has 6 nitrogen and oxygen atoms in total. The van der Waals surface area contributed by atoms with Gasteiger partial charge in [-0.05, 0) is 36.1 Å². The summed E-state index contributed by atoms with van der Waals surface area (Å²) in [5, 5.41) is 0. The van der Waals surface area contributed by atoms with Crippen LogP contribution < -0.4 is 0 Å². The Morgan fingerprint density at radius 3 is 2.53 bits per heavy atom. The van der Waals surface area contributed by atoms with E-state index < -0.39 is 0 Å². The maximum absolute atomic E-state index is 13.1. The van der Waals surface area contributed by atoms with Gasteiger partial charge in [0.15, 0.2) is 0 Å². The van der Waals surface area contributed by atoms with Crippen molar-refractivity contribution < 1.29 is 19.1 Å². The normalized spacial score (nSPS) is 18.8. The average Bonchev–Trinajstić information content (AvgIpc) is 3.01. The van der Waals surface area contributed by atoms with Crippen molar-refractivity contribution in [3.63, 3.8) is 0 Å². The Labute approximate surface area is 176 Å². The summed E-state index contributed by atoms with van der Waals surface area (Å²) in [4.78, 5) is 41.5. The number of hydrogen-bond acceptors (Lipinski definition) is 4. The summed E-state index contributed by atoms with van der Waals surface area (Å²) in [6.07, 6.45) is 0.583. The van der Waals surface area contributed by atoms with Crippen LogP contribution in [-0.4, -0.2) is 53.8 Å². The number of imide groups is 1. The monoisotopic (exact) mass is 406 g/mol. The number of fused-ring (bicyclic) bond motifs is 1. The van der Waals surface area contributed by atoms with E-state index in [-0.39, 0.29) is 23.8 Å². The van der Waals surface area contributed by atoms with Crippen LogP contribution in [-0.2, 0) is 4.74 Å². The molecule has 0 saturated carbocycles. The van der Waals surface area contributed by atoms with Crippen molar-refractivity contribution >= 4 is 17.7 Å². The molecule has 1 fully saturated rings. The van der Waals surface area contributed by atoms with Gasteiger partial charge in [-0.3, -0.25) is 19.3 Å². The van der Waals surface area contributed by atoms with E-state index >= 15 is 0 Å². The number of carbonyl (C=O) groups is 3. The van der Waals surface area contributed by atoms with Crippen LogP contribution in [0.4, 0.5) is 0 Å². The first-order valence-corrected chi connectivity index (χ1v) is 10.4. The zero-order valence-corrected chi connectivity index (χ0v) is 17.3. The molecule has 2 aliphatic rings. The molecule has 0 radical (unpaired) electrons. The van der Waals surface area contributed by atoms with Gasteiger partial charge in [0.1, 0.15) is 6.10 Å². The molecule has 0 aliphatic carbocycles. The van der Waals surface area contributed by atoms with E-state index in [1.165, 1.54) is 4.90 Å². The van der Waals surface area contributed by atoms with Crippen LogP contribution in [0.3, 0.4) is 0 Å². The molecule has 0 N–H and O–H groups in total. The minimum Gasteiger partial charge on any atom is -0.370 e. The molecule has 6 heteroatoms. The molecule has 3 amide bonds. The number of carbonyl (C=O) groups excluding carboxylic acids is 3. The number of morpholine rings is 1. The average molecular weight is 406 g/mol. The predicted molar refractivity (Wildman–Crippen MR) is 112 cm³/mol. The van der Waals surface area contributed by atoms with E-state index in [0.29, 0.717) is 48.8 Å². The van der Waals surface area contributed by atoms with E-state index in [1.807, 2.05) is 30.3 Å². The second-order valence-electron chi connectivity index (χ2n) is 8.23.